The second-order valence-electron chi connectivity index (χ2n) is 5.59. The highest BCUT2D eigenvalue weighted by Crippen LogP contribution is 2.28. The zero-order valence-electron chi connectivity index (χ0n) is 13.5. The normalized spacial score (nSPS) is 14.8. The maximum absolute atomic E-state index is 12.6. The molecule has 1 aliphatic heterocycles. The number of nitrogens with zero attached hydrogens (tertiary/aromatic N) is 3. The molecule has 8 heteroatoms. The molecule has 2 aromatic rings. The minimum absolute atomic E-state index is 0.0257. The summed E-state index contributed by atoms with van der Waals surface area (Å²) in [7, 11) is 1.49. The largest absolute Gasteiger partial charge is 0.494 e. The number of carbonyl (C=O) groups excluding carboxylic acids is 3. The van der Waals surface area contributed by atoms with Crippen molar-refractivity contribution in [3.05, 3.63) is 24.2 Å². The summed E-state index contributed by atoms with van der Waals surface area (Å²) >= 11 is 0. The van der Waals surface area contributed by atoms with Crippen molar-refractivity contribution in [2.75, 3.05) is 33.3 Å². The van der Waals surface area contributed by atoms with Gasteiger partial charge in [0.15, 0.2) is 0 Å². The lowest BCUT2D eigenvalue weighted by atomic mass is 10.1. The third-order valence-electron chi connectivity index (χ3n) is 4.22. The van der Waals surface area contributed by atoms with Crippen LogP contribution in [-0.2, 0) is 9.59 Å². The molecule has 2 amide bonds. The van der Waals surface area contributed by atoms with Gasteiger partial charge in [-0.15, -0.1) is 0 Å². The summed E-state index contributed by atoms with van der Waals surface area (Å²) in [6, 6.07) is 0. The van der Waals surface area contributed by atoms with Crippen molar-refractivity contribution in [3.63, 3.8) is 0 Å². The molecule has 0 radical (unpaired) electrons. The van der Waals surface area contributed by atoms with Crippen molar-refractivity contribution in [1.82, 2.24) is 19.8 Å². The van der Waals surface area contributed by atoms with E-state index >= 15 is 0 Å². The number of Topliss-reactive ketones (excluding diaryl/α,β-unsaturated/α-hetero) is 1. The molecule has 8 nitrogen and oxygen atoms in total. The second kappa shape index (κ2) is 6.31. The number of ether oxygens (including phenoxy) is 1. The molecule has 2 aromatic heterocycles. The first-order valence-corrected chi connectivity index (χ1v) is 7.61. The lowest BCUT2D eigenvalue weighted by molar-refractivity contribution is -0.135. The molecule has 0 unspecified atom stereocenters. The summed E-state index contributed by atoms with van der Waals surface area (Å²) in [6.07, 6.45) is 4.58. The Hall–Kier alpha value is -2.90. The summed E-state index contributed by atoms with van der Waals surface area (Å²) in [5.41, 5.74) is 0.898. The molecule has 1 N–H and O–H groups in total. The highest BCUT2D eigenvalue weighted by Gasteiger charge is 2.29. The number of nitrogens with one attached hydrogen (secondary N) is 1. The van der Waals surface area contributed by atoms with Crippen LogP contribution in [0.25, 0.3) is 10.9 Å². The monoisotopic (exact) mass is 330 g/mol. The Kier molecular flexibility index (Phi) is 4.20. The van der Waals surface area contributed by atoms with Gasteiger partial charge in [-0.2, -0.15) is 0 Å². The van der Waals surface area contributed by atoms with Gasteiger partial charge in [-0.3, -0.25) is 19.4 Å². The van der Waals surface area contributed by atoms with Crippen molar-refractivity contribution in [3.8, 4) is 5.75 Å². The van der Waals surface area contributed by atoms with Gasteiger partial charge in [0.05, 0.1) is 36.0 Å². The van der Waals surface area contributed by atoms with E-state index in [1.807, 2.05) is 0 Å². The molecule has 0 aliphatic carbocycles. The number of piperazine rings is 1. The molecule has 0 aromatic carbocycles. The molecule has 1 saturated heterocycles. The summed E-state index contributed by atoms with van der Waals surface area (Å²) in [5, 5.41) is 0.549. The summed E-state index contributed by atoms with van der Waals surface area (Å²) < 4.78 is 5.24. The summed E-state index contributed by atoms with van der Waals surface area (Å²) in [4.78, 5) is 46.6. The average Bonchev–Trinajstić information content (AvgIpc) is 3.04. The van der Waals surface area contributed by atoms with Gasteiger partial charge in [-0.1, -0.05) is 0 Å². The van der Waals surface area contributed by atoms with E-state index in [0.29, 0.717) is 42.8 Å². The van der Waals surface area contributed by atoms with Gasteiger partial charge in [0.2, 0.25) is 5.91 Å². The van der Waals surface area contributed by atoms with Crippen molar-refractivity contribution in [2.45, 2.75) is 6.92 Å². The number of rotatable bonds is 3. The molecule has 3 rings (SSSR count). The number of hydrogen-bond donors (Lipinski definition) is 1. The summed E-state index contributed by atoms with van der Waals surface area (Å²) in [6.45, 7) is 3.08. The Morgan fingerprint density at radius 1 is 1.12 bits per heavy atom. The topological polar surface area (TPSA) is 95.6 Å². The number of H-pyrrole nitrogens is 1. The van der Waals surface area contributed by atoms with Gasteiger partial charge < -0.3 is 19.5 Å². The van der Waals surface area contributed by atoms with Crippen LogP contribution in [0.3, 0.4) is 0 Å². The number of methoxy groups -OCH3 is 1. The molecule has 126 valence electrons. The number of aromatic amines is 1. The van der Waals surface area contributed by atoms with E-state index in [1.54, 1.807) is 11.1 Å². The van der Waals surface area contributed by atoms with Crippen LogP contribution < -0.4 is 4.74 Å². The maximum atomic E-state index is 12.6. The van der Waals surface area contributed by atoms with Crippen LogP contribution in [-0.4, -0.2) is 70.7 Å². The Labute approximate surface area is 138 Å². The molecule has 0 spiro atoms. The first kappa shape index (κ1) is 16.0. The molecule has 0 saturated carbocycles. The van der Waals surface area contributed by atoms with Crippen LogP contribution in [0.15, 0.2) is 18.6 Å². The van der Waals surface area contributed by atoms with Crippen LogP contribution in [0.4, 0.5) is 0 Å². The standard InChI is InChI=1S/C16H18N4O4/c1-10(21)19-3-5-20(6-4-19)16(23)15(22)11-7-18-12-8-17-9-13(24-2)14(11)12/h7-9,18H,3-6H2,1-2H3. The van der Waals surface area contributed by atoms with Gasteiger partial charge in [0.1, 0.15) is 5.75 Å². The fraction of sp³-hybridized carbons (Fsp3) is 0.375. The highest BCUT2D eigenvalue weighted by atomic mass is 16.5. The average molecular weight is 330 g/mol. The van der Waals surface area contributed by atoms with Crippen LogP contribution in [0.2, 0.25) is 0 Å². The maximum Gasteiger partial charge on any atom is 0.295 e. The smallest absolute Gasteiger partial charge is 0.295 e. The van der Waals surface area contributed by atoms with Gasteiger partial charge >= 0.3 is 0 Å². The van der Waals surface area contributed by atoms with Crippen molar-refractivity contribution >= 4 is 28.5 Å². The minimum atomic E-state index is -0.595. The quantitative estimate of drug-likeness (QED) is 0.651. The van der Waals surface area contributed by atoms with Gasteiger partial charge in [-0.05, 0) is 0 Å². The molecule has 0 bridgehead atoms. The van der Waals surface area contributed by atoms with Crippen LogP contribution >= 0.6 is 0 Å². The number of ketones is 1. The van der Waals surface area contributed by atoms with Gasteiger partial charge in [0, 0.05) is 39.3 Å². The van der Waals surface area contributed by atoms with E-state index in [9.17, 15) is 14.4 Å². The van der Waals surface area contributed by atoms with Crippen LogP contribution in [0.1, 0.15) is 17.3 Å². The Morgan fingerprint density at radius 2 is 1.79 bits per heavy atom. The fourth-order valence-electron chi connectivity index (χ4n) is 2.87. The second-order valence-corrected chi connectivity index (χ2v) is 5.59. The third-order valence-corrected chi connectivity index (χ3v) is 4.22. The van der Waals surface area contributed by atoms with Gasteiger partial charge in [0.25, 0.3) is 11.7 Å². The number of pyridine rings is 1. The van der Waals surface area contributed by atoms with E-state index in [0.717, 1.165) is 0 Å². The van der Waals surface area contributed by atoms with Crippen molar-refractivity contribution in [2.24, 2.45) is 0 Å². The SMILES string of the molecule is COc1cncc2[nH]cc(C(=O)C(=O)N3CCN(C(C)=O)CC3)c12. The van der Waals surface area contributed by atoms with E-state index in [2.05, 4.69) is 9.97 Å². The number of aromatic nitrogens is 2. The lowest BCUT2D eigenvalue weighted by Crippen LogP contribution is -2.51. The van der Waals surface area contributed by atoms with Crippen LogP contribution in [0, 0.1) is 0 Å². The van der Waals surface area contributed by atoms with E-state index in [1.165, 1.54) is 31.3 Å². The van der Waals surface area contributed by atoms with E-state index in [-0.39, 0.29) is 11.5 Å². The molecule has 1 aliphatic rings. The zero-order chi connectivity index (χ0) is 17.3. The number of hydrogen-bond acceptors (Lipinski definition) is 5. The first-order valence-electron chi connectivity index (χ1n) is 7.61. The number of amides is 2. The molecular formula is C16H18N4O4. The van der Waals surface area contributed by atoms with Gasteiger partial charge in [-0.25, -0.2) is 0 Å². The molecule has 24 heavy (non-hydrogen) atoms. The number of fused-ring (bicyclic) bond motifs is 1. The Balaban J connectivity index is 1.82. The summed E-state index contributed by atoms with van der Waals surface area (Å²) in [5.74, 6) is -0.756. The van der Waals surface area contributed by atoms with Crippen LogP contribution in [0.5, 0.6) is 5.75 Å². The minimum Gasteiger partial charge on any atom is -0.494 e. The first-order chi connectivity index (χ1) is 11.5. The molecular weight excluding hydrogens is 312 g/mol. The molecule has 3 heterocycles. The lowest BCUT2D eigenvalue weighted by Gasteiger charge is -2.33. The third kappa shape index (κ3) is 2.70. The Morgan fingerprint density at radius 3 is 2.42 bits per heavy atom. The molecule has 0 atom stereocenters. The molecule has 1 fully saturated rings. The highest BCUT2D eigenvalue weighted by molar-refractivity contribution is 6.45. The van der Waals surface area contributed by atoms with E-state index in [4.69, 9.17) is 4.74 Å². The van der Waals surface area contributed by atoms with Crippen molar-refractivity contribution < 1.29 is 19.1 Å². The zero-order valence-corrected chi connectivity index (χ0v) is 13.5. The predicted molar refractivity (Wildman–Crippen MR) is 85.8 cm³/mol. The Bertz CT molecular complexity index is 806. The number of carbonyl (C=O) groups is 3. The fourth-order valence-corrected chi connectivity index (χ4v) is 2.87. The predicted octanol–water partition coefficient (Wildman–Crippen LogP) is 0.445. The van der Waals surface area contributed by atoms with E-state index < -0.39 is 11.7 Å². The van der Waals surface area contributed by atoms with Crippen molar-refractivity contribution in [1.29, 1.82) is 0 Å².